The molecule has 2 rings (SSSR count). The van der Waals surface area contributed by atoms with Crippen LogP contribution in [0.1, 0.15) is 11.5 Å². The molecule has 0 aliphatic carbocycles. The maximum absolute atomic E-state index is 11.5. The van der Waals surface area contributed by atoms with Gasteiger partial charge in [-0.3, -0.25) is 0 Å². The SMILES string of the molecule is CS(=O)(=O)C[C@H]1OCCNCC1c1cccc(Cl)c1. The van der Waals surface area contributed by atoms with Crippen LogP contribution < -0.4 is 5.32 Å². The van der Waals surface area contributed by atoms with Gasteiger partial charge in [0.25, 0.3) is 0 Å². The molecule has 0 saturated carbocycles. The van der Waals surface area contributed by atoms with Gasteiger partial charge in [0.2, 0.25) is 0 Å². The van der Waals surface area contributed by atoms with Crippen molar-refractivity contribution < 1.29 is 13.2 Å². The molecule has 1 unspecified atom stereocenters. The van der Waals surface area contributed by atoms with Gasteiger partial charge in [0.15, 0.2) is 0 Å². The third-order valence-electron chi connectivity index (χ3n) is 3.17. The zero-order chi connectivity index (χ0) is 13.9. The van der Waals surface area contributed by atoms with E-state index in [9.17, 15) is 8.42 Å². The van der Waals surface area contributed by atoms with Crippen LogP contribution in [-0.2, 0) is 14.6 Å². The largest absolute Gasteiger partial charge is 0.375 e. The summed E-state index contributed by atoms with van der Waals surface area (Å²) in [5.41, 5.74) is 1.01. The van der Waals surface area contributed by atoms with Gasteiger partial charge in [-0.05, 0) is 17.7 Å². The van der Waals surface area contributed by atoms with E-state index in [1.807, 2.05) is 24.3 Å². The molecular weight excluding hydrogens is 286 g/mol. The fourth-order valence-electron chi connectivity index (χ4n) is 2.32. The smallest absolute Gasteiger partial charge is 0.150 e. The van der Waals surface area contributed by atoms with Crippen LogP contribution in [-0.4, -0.2) is 46.2 Å². The number of rotatable bonds is 3. The minimum Gasteiger partial charge on any atom is -0.375 e. The fourth-order valence-corrected chi connectivity index (χ4v) is 3.44. The van der Waals surface area contributed by atoms with E-state index in [1.54, 1.807) is 0 Å². The molecule has 1 fully saturated rings. The lowest BCUT2D eigenvalue weighted by Crippen LogP contribution is -2.32. The summed E-state index contributed by atoms with van der Waals surface area (Å²) in [6.45, 7) is 1.95. The van der Waals surface area contributed by atoms with Gasteiger partial charge in [0.1, 0.15) is 9.84 Å². The van der Waals surface area contributed by atoms with E-state index < -0.39 is 9.84 Å². The summed E-state index contributed by atoms with van der Waals surface area (Å²) in [5, 5.41) is 3.92. The number of nitrogens with one attached hydrogen (secondary N) is 1. The van der Waals surface area contributed by atoms with Crippen LogP contribution in [0.5, 0.6) is 0 Å². The van der Waals surface area contributed by atoms with Crippen molar-refractivity contribution in [3.05, 3.63) is 34.9 Å². The first-order chi connectivity index (χ1) is 8.96. The van der Waals surface area contributed by atoms with Crippen LogP contribution >= 0.6 is 11.6 Å². The van der Waals surface area contributed by atoms with Crippen LogP contribution in [0, 0.1) is 0 Å². The molecular formula is C13H18ClNO3S. The predicted molar refractivity (Wildman–Crippen MR) is 76.5 cm³/mol. The molecule has 1 aliphatic heterocycles. The molecule has 0 spiro atoms. The Bertz CT molecular complexity index is 532. The van der Waals surface area contributed by atoms with E-state index in [1.165, 1.54) is 6.26 Å². The lowest BCUT2D eigenvalue weighted by atomic mass is 9.94. The van der Waals surface area contributed by atoms with Crippen molar-refractivity contribution in [1.82, 2.24) is 5.32 Å². The highest BCUT2D eigenvalue weighted by atomic mass is 35.5. The second-order valence-electron chi connectivity index (χ2n) is 4.87. The Hall–Kier alpha value is -0.620. The van der Waals surface area contributed by atoms with Crippen molar-refractivity contribution in [2.75, 3.05) is 31.7 Å². The lowest BCUT2D eigenvalue weighted by Gasteiger charge is -2.24. The third-order valence-corrected chi connectivity index (χ3v) is 4.34. The van der Waals surface area contributed by atoms with Crippen molar-refractivity contribution in [3.8, 4) is 0 Å². The molecule has 1 aliphatic rings. The van der Waals surface area contributed by atoms with Gasteiger partial charge in [-0.25, -0.2) is 8.42 Å². The van der Waals surface area contributed by atoms with Gasteiger partial charge in [-0.2, -0.15) is 0 Å². The fraction of sp³-hybridized carbons (Fsp3) is 0.538. The Balaban J connectivity index is 2.26. The molecule has 19 heavy (non-hydrogen) atoms. The highest BCUT2D eigenvalue weighted by Gasteiger charge is 2.29. The average molecular weight is 304 g/mol. The molecule has 0 amide bonds. The summed E-state index contributed by atoms with van der Waals surface area (Å²) >= 11 is 6.01. The zero-order valence-corrected chi connectivity index (χ0v) is 12.4. The van der Waals surface area contributed by atoms with Crippen LogP contribution in [0.25, 0.3) is 0 Å². The maximum atomic E-state index is 11.5. The van der Waals surface area contributed by atoms with Crippen LogP contribution in [0.3, 0.4) is 0 Å². The third kappa shape index (κ3) is 4.45. The molecule has 1 aromatic carbocycles. The minimum absolute atomic E-state index is 0.00377. The number of sulfone groups is 1. The number of ether oxygens (including phenoxy) is 1. The standard InChI is InChI=1S/C13H18ClNO3S/c1-19(16,17)9-13-12(8-15-5-6-18-13)10-3-2-4-11(14)7-10/h2-4,7,12-13,15H,5-6,8-9H2,1H3/t12?,13-/m1/s1. The summed E-state index contributed by atoms with van der Waals surface area (Å²) < 4.78 is 28.8. The van der Waals surface area contributed by atoms with Crippen molar-refractivity contribution in [2.24, 2.45) is 0 Å². The molecule has 1 heterocycles. The van der Waals surface area contributed by atoms with Crippen molar-refractivity contribution in [3.63, 3.8) is 0 Å². The lowest BCUT2D eigenvalue weighted by molar-refractivity contribution is 0.0681. The van der Waals surface area contributed by atoms with Crippen LogP contribution in [0.4, 0.5) is 0 Å². The molecule has 1 aromatic rings. The predicted octanol–water partition coefficient (Wildman–Crippen LogP) is 1.46. The highest BCUT2D eigenvalue weighted by Crippen LogP contribution is 2.26. The topological polar surface area (TPSA) is 55.4 Å². The molecule has 0 aromatic heterocycles. The van der Waals surface area contributed by atoms with Gasteiger partial charge in [0, 0.05) is 30.3 Å². The molecule has 4 nitrogen and oxygen atoms in total. The first-order valence-electron chi connectivity index (χ1n) is 6.21. The quantitative estimate of drug-likeness (QED) is 0.918. The van der Waals surface area contributed by atoms with Crippen molar-refractivity contribution >= 4 is 21.4 Å². The van der Waals surface area contributed by atoms with E-state index in [4.69, 9.17) is 16.3 Å². The van der Waals surface area contributed by atoms with Crippen LogP contribution in [0.15, 0.2) is 24.3 Å². The molecule has 106 valence electrons. The highest BCUT2D eigenvalue weighted by molar-refractivity contribution is 7.90. The zero-order valence-electron chi connectivity index (χ0n) is 10.8. The van der Waals surface area contributed by atoms with E-state index in [2.05, 4.69) is 5.32 Å². The summed E-state index contributed by atoms with van der Waals surface area (Å²) in [6.07, 6.45) is 0.910. The van der Waals surface area contributed by atoms with Gasteiger partial charge in [-0.1, -0.05) is 23.7 Å². The molecule has 2 atom stereocenters. The molecule has 6 heteroatoms. The van der Waals surface area contributed by atoms with Gasteiger partial charge < -0.3 is 10.1 Å². The molecule has 1 N–H and O–H groups in total. The van der Waals surface area contributed by atoms with Crippen molar-refractivity contribution in [1.29, 1.82) is 0 Å². The Kier molecular flexibility index (Phi) is 4.84. The Morgan fingerprint density at radius 3 is 2.95 bits per heavy atom. The average Bonchev–Trinajstić information content (AvgIpc) is 2.52. The van der Waals surface area contributed by atoms with E-state index in [-0.39, 0.29) is 17.8 Å². The number of hydrogen-bond donors (Lipinski definition) is 1. The molecule has 0 radical (unpaired) electrons. The van der Waals surface area contributed by atoms with Crippen LogP contribution in [0.2, 0.25) is 5.02 Å². The molecule has 0 bridgehead atoms. The summed E-state index contributed by atoms with van der Waals surface area (Å²) in [6, 6.07) is 7.52. The summed E-state index contributed by atoms with van der Waals surface area (Å²) in [7, 11) is -3.08. The number of benzene rings is 1. The first kappa shape index (κ1) is 14.8. The van der Waals surface area contributed by atoms with Gasteiger partial charge in [0.05, 0.1) is 18.5 Å². The monoisotopic (exact) mass is 303 g/mol. The summed E-state index contributed by atoms with van der Waals surface area (Å²) in [4.78, 5) is 0. The number of halogens is 1. The molecule has 1 saturated heterocycles. The second kappa shape index (κ2) is 6.22. The summed E-state index contributed by atoms with van der Waals surface area (Å²) in [5.74, 6) is 0.0298. The number of hydrogen-bond acceptors (Lipinski definition) is 4. The van der Waals surface area contributed by atoms with E-state index in [0.29, 0.717) is 18.2 Å². The van der Waals surface area contributed by atoms with E-state index >= 15 is 0 Å². The normalized spacial score (nSPS) is 24.9. The minimum atomic E-state index is -3.08. The first-order valence-corrected chi connectivity index (χ1v) is 8.65. The van der Waals surface area contributed by atoms with Gasteiger partial charge >= 0.3 is 0 Å². The second-order valence-corrected chi connectivity index (χ2v) is 7.49. The Morgan fingerprint density at radius 2 is 2.26 bits per heavy atom. The maximum Gasteiger partial charge on any atom is 0.150 e. The van der Waals surface area contributed by atoms with Crippen molar-refractivity contribution in [2.45, 2.75) is 12.0 Å². The Morgan fingerprint density at radius 1 is 1.47 bits per heavy atom. The van der Waals surface area contributed by atoms with E-state index in [0.717, 1.165) is 12.1 Å². The van der Waals surface area contributed by atoms with Gasteiger partial charge in [-0.15, -0.1) is 0 Å². The Labute approximate surface area is 119 Å².